The molecule has 146 valence electrons. The van der Waals surface area contributed by atoms with Gasteiger partial charge in [-0.2, -0.15) is 0 Å². The van der Waals surface area contributed by atoms with Crippen molar-refractivity contribution in [2.24, 2.45) is 35.3 Å². The molecule has 6 atom stereocenters. The van der Waals surface area contributed by atoms with Crippen LogP contribution in [-0.2, 0) is 19.2 Å². The minimum Gasteiger partial charge on any atom is -0.396 e. The number of carbonyl (C=O) groups excluding carboxylic acids is 4. The third kappa shape index (κ3) is 4.91. The molecular formula is C18H29N3O5. The lowest BCUT2D eigenvalue weighted by Crippen LogP contribution is -2.61. The van der Waals surface area contributed by atoms with E-state index in [0.29, 0.717) is 24.3 Å². The molecule has 1 fully saturated rings. The Labute approximate surface area is 153 Å². The average Bonchev–Trinajstić information content (AvgIpc) is 2.52. The Balaban J connectivity index is 2.70. The zero-order valence-corrected chi connectivity index (χ0v) is 15.5. The van der Waals surface area contributed by atoms with Crippen LogP contribution in [0.5, 0.6) is 0 Å². The molecule has 2 amide bonds. The maximum atomic E-state index is 12.5. The van der Waals surface area contributed by atoms with E-state index in [-0.39, 0.29) is 0 Å². The van der Waals surface area contributed by atoms with Gasteiger partial charge >= 0.3 is 0 Å². The van der Waals surface area contributed by atoms with Gasteiger partial charge in [0, 0.05) is 24.1 Å². The molecule has 0 aromatic carbocycles. The minimum absolute atomic E-state index is 0.315. The van der Waals surface area contributed by atoms with E-state index in [4.69, 9.17) is 5.73 Å². The van der Waals surface area contributed by atoms with Crippen molar-refractivity contribution in [1.29, 1.82) is 0 Å². The summed E-state index contributed by atoms with van der Waals surface area (Å²) in [5, 5.41) is 15.1. The normalized spacial score (nSPS) is 27.0. The second kappa shape index (κ2) is 9.47. The summed E-state index contributed by atoms with van der Waals surface area (Å²) in [6, 6.07) is -0.908. The van der Waals surface area contributed by atoms with E-state index in [2.05, 4.69) is 17.2 Å². The summed E-state index contributed by atoms with van der Waals surface area (Å²) in [7, 11) is 0. The Hall–Kier alpha value is -2.22. The van der Waals surface area contributed by atoms with Crippen LogP contribution in [0.15, 0.2) is 12.3 Å². The Morgan fingerprint density at radius 3 is 2.23 bits per heavy atom. The summed E-state index contributed by atoms with van der Waals surface area (Å²) in [4.78, 5) is 46.3. The smallest absolute Gasteiger partial charge is 0.224 e. The molecule has 0 aromatic rings. The topological polar surface area (TPSA) is 139 Å². The highest BCUT2D eigenvalue weighted by molar-refractivity contribution is 5.91. The third-order valence-corrected chi connectivity index (χ3v) is 4.89. The summed E-state index contributed by atoms with van der Waals surface area (Å²) in [6.07, 6.45) is 1.97. The van der Waals surface area contributed by atoms with Crippen LogP contribution in [-0.4, -0.2) is 48.2 Å². The van der Waals surface area contributed by atoms with Crippen molar-refractivity contribution in [1.82, 2.24) is 10.6 Å². The predicted octanol–water partition coefficient (Wildman–Crippen LogP) is -0.637. The molecule has 0 radical (unpaired) electrons. The first-order chi connectivity index (χ1) is 12.2. The zero-order chi connectivity index (χ0) is 20.0. The Morgan fingerprint density at radius 2 is 1.81 bits per heavy atom. The first-order valence-corrected chi connectivity index (χ1v) is 8.74. The second-order valence-corrected chi connectivity index (χ2v) is 7.29. The van der Waals surface area contributed by atoms with Crippen LogP contribution in [0.3, 0.4) is 0 Å². The van der Waals surface area contributed by atoms with Crippen molar-refractivity contribution < 1.29 is 24.3 Å². The Kier molecular flexibility index (Phi) is 7.95. The van der Waals surface area contributed by atoms with Gasteiger partial charge in [-0.1, -0.05) is 20.4 Å². The van der Waals surface area contributed by atoms with Crippen molar-refractivity contribution in [3.63, 3.8) is 0 Å². The number of hydrogen-bond acceptors (Lipinski definition) is 6. The van der Waals surface area contributed by atoms with Crippen molar-refractivity contribution in [2.75, 3.05) is 6.61 Å². The molecule has 1 rings (SSSR count). The Bertz CT molecular complexity index is 563. The Morgan fingerprint density at radius 1 is 1.19 bits per heavy atom. The maximum Gasteiger partial charge on any atom is 0.224 e. The molecule has 0 heterocycles. The van der Waals surface area contributed by atoms with Gasteiger partial charge in [0.2, 0.25) is 11.8 Å². The fraction of sp³-hybridized carbons (Fsp3) is 0.667. The lowest BCUT2D eigenvalue weighted by molar-refractivity contribution is -0.157. The van der Waals surface area contributed by atoms with E-state index in [0.717, 1.165) is 6.29 Å². The molecule has 0 spiro atoms. The largest absolute Gasteiger partial charge is 0.396 e. The third-order valence-electron chi connectivity index (χ3n) is 4.89. The van der Waals surface area contributed by atoms with Crippen molar-refractivity contribution >= 4 is 24.4 Å². The molecule has 1 aliphatic carbocycles. The number of rotatable bonds is 11. The van der Waals surface area contributed by atoms with Gasteiger partial charge in [0.25, 0.3) is 0 Å². The first kappa shape index (κ1) is 21.8. The van der Waals surface area contributed by atoms with E-state index in [9.17, 15) is 24.3 Å². The lowest BCUT2D eigenvalue weighted by atomic mass is 9.56. The molecule has 0 bridgehead atoms. The van der Waals surface area contributed by atoms with Crippen LogP contribution in [0.4, 0.5) is 0 Å². The summed E-state index contributed by atoms with van der Waals surface area (Å²) < 4.78 is 0. The molecule has 8 nitrogen and oxygen atoms in total. The van der Waals surface area contributed by atoms with E-state index in [1.165, 1.54) is 0 Å². The molecule has 0 saturated heterocycles. The molecular weight excluding hydrogens is 338 g/mol. The molecule has 1 aliphatic rings. The number of nitrogens with two attached hydrogens (primary N) is 1. The van der Waals surface area contributed by atoms with Gasteiger partial charge in [-0.15, -0.1) is 0 Å². The quantitative estimate of drug-likeness (QED) is 0.358. The first-order valence-electron chi connectivity index (χ1n) is 8.74. The predicted molar refractivity (Wildman–Crippen MR) is 95.5 cm³/mol. The van der Waals surface area contributed by atoms with E-state index in [1.807, 2.05) is 13.8 Å². The van der Waals surface area contributed by atoms with E-state index in [1.54, 1.807) is 6.92 Å². The lowest BCUT2D eigenvalue weighted by Gasteiger charge is -2.46. The number of aldehydes is 2. The van der Waals surface area contributed by atoms with E-state index >= 15 is 0 Å². The molecule has 1 saturated carbocycles. The zero-order valence-electron chi connectivity index (χ0n) is 15.5. The van der Waals surface area contributed by atoms with Crippen LogP contribution in [0.1, 0.15) is 27.2 Å². The van der Waals surface area contributed by atoms with Crippen molar-refractivity contribution in [2.45, 2.75) is 39.3 Å². The van der Waals surface area contributed by atoms with Crippen molar-refractivity contribution in [3.8, 4) is 0 Å². The number of primary amides is 1. The van der Waals surface area contributed by atoms with Gasteiger partial charge in [-0.3, -0.25) is 9.59 Å². The number of nitrogens with one attached hydrogen (secondary N) is 2. The van der Waals surface area contributed by atoms with Gasteiger partial charge in [0.15, 0.2) is 0 Å². The van der Waals surface area contributed by atoms with Crippen LogP contribution in [0.25, 0.3) is 0 Å². The van der Waals surface area contributed by atoms with Gasteiger partial charge < -0.3 is 31.1 Å². The maximum absolute atomic E-state index is 12.5. The number of carbonyl (C=O) groups is 4. The fourth-order valence-electron chi connectivity index (χ4n) is 3.45. The standard InChI is InChI=1S/C18H29N3O5/c1-9(2)5-12(6-22)20-10(3)11(4)21-18(26)16-13(7-23)15(17(19)25)14(16)8-24/h6-7,9,11-16,20,24H,3,5,8H2,1-2,4H3,(H2,19,25)(H,21,26). The molecule has 26 heavy (non-hydrogen) atoms. The number of hydrogen-bond donors (Lipinski definition) is 4. The molecule has 5 N–H and O–H groups in total. The fourth-order valence-corrected chi connectivity index (χ4v) is 3.45. The second-order valence-electron chi connectivity index (χ2n) is 7.29. The van der Waals surface area contributed by atoms with Crippen molar-refractivity contribution in [3.05, 3.63) is 12.3 Å². The SMILES string of the molecule is C=C(NC(C=O)CC(C)C)C(C)NC(=O)C1C(C=O)C(C(N)=O)C1CO. The van der Waals surface area contributed by atoms with Gasteiger partial charge in [0.05, 0.1) is 23.9 Å². The van der Waals surface area contributed by atoms with Crippen LogP contribution >= 0.6 is 0 Å². The number of aliphatic hydroxyl groups is 1. The number of aliphatic hydroxyl groups excluding tert-OH is 1. The van der Waals surface area contributed by atoms with Gasteiger partial charge in [-0.05, 0) is 19.3 Å². The monoisotopic (exact) mass is 367 g/mol. The highest BCUT2D eigenvalue weighted by Gasteiger charge is 2.56. The molecule has 0 aliphatic heterocycles. The molecule has 6 unspecified atom stereocenters. The summed E-state index contributed by atoms with van der Waals surface area (Å²) in [5.41, 5.74) is 5.72. The summed E-state index contributed by atoms with van der Waals surface area (Å²) >= 11 is 0. The minimum atomic E-state index is -0.846. The van der Waals surface area contributed by atoms with E-state index < -0.39 is 54.2 Å². The summed E-state index contributed by atoms with van der Waals surface area (Å²) in [6.45, 7) is 9.12. The van der Waals surface area contributed by atoms with Gasteiger partial charge in [0.1, 0.15) is 12.6 Å². The van der Waals surface area contributed by atoms with Crippen LogP contribution in [0, 0.1) is 29.6 Å². The average molecular weight is 367 g/mol. The highest BCUT2D eigenvalue weighted by Crippen LogP contribution is 2.45. The van der Waals surface area contributed by atoms with Crippen LogP contribution < -0.4 is 16.4 Å². The summed E-state index contributed by atoms with van der Waals surface area (Å²) in [5.74, 6) is -4.03. The van der Waals surface area contributed by atoms with Gasteiger partial charge in [-0.25, -0.2) is 0 Å². The van der Waals surface area contributed by atoms with Crippen LogP contribution in [0.2, 0.25) is 0 Å². The highest BCUT2D eigenvalue weighted by atomic mass is 16.3. The molecule has 0 aromatic heterocycles. The number of amides is 2. The molecule has 8 heteroatoms.